The molecular weight excluding hydrogens is 340 g/mol. The molecule has 0 aliphatic heterocycles. The van der Waals surface area contributed by atoms with Crippen LogP contribution >= 0.6 is 15.9 Å². The van der Waals surface area contributed by atoms with Crippen LogP contribution in [0, 0.1) is 0 Å². The van der Waals surface area contributed by atoms with Crippen LogP contribution in [0.3, 0.4) is 0 Å². The molecule has 1 aromatic heterocycles. The van der Waals surface area contributed by atoms with Crippen molar-refractivity contribution in [2.24, 2.45) is 0 Å². The van der Waals surface area contributed by atoms with Gasteiger partial charge in [-0.2, -0.15) is 0 Å². The maximum atomic E-state index is 5.56. The van der Waals surface area contributed by atoms with E-state index in [0.29, 0.717) is 18.0 Å². The van der Waals surface area contributed by atoms with Crippen molar-refractivity contribution >= 4 is 15.9 Å². The summed E-state index contributed by atoms with van der Waals surface area (Å²) in [4.78, 5) is 2.21. The molecule has 3 nitrogen and oxygen atoms in total. The first-order valence-corrected chi connectivity index (χ1v) is 8.61. The van der Waals surface area contributed by atoms with E-state index in [0.717, 1.165) is 16.8 Å². The smallest absolute Gasteiger partial charge is 0.122 e. The molecule has 22 heavy (non-hydrogen) atoms. The summed E-state index contributed by atoms with van der Waals surface area (Å²) in [6.07, 6.45) is 4.19. The Hall–Kier alpha value is -1.10. The normalized spacial score (nSPS) is 22.5. The van der Waals surface area contributed by atoms with Gasteiger partial charge in [-0.05, 0) is 62.7 Å². The van der Waals surface area contributed by atoms with Gasteiger partial charge in [0.1, 0.15) is 5.76 Å². The van der Waals surface area contributed by atoms with E-state index in [1.54, 1.807) is 6.26 Å². The Labute approximate surface area is 140 Å². The van der Waals surface area contributed by atoms with Crippen LogP contribution in [0.15, 0.2) is 51.6 Å². The number of rotatable bonds is 6. The molecule has 4 heteroatoms. The Balaban J connectivity index is 1.48. The lowest BCUT2D eigenvalue weighted by atomic mass is 9.76. The molecule has 0 radical (unpaired) electrons. The molecule has 2 aromatic rings. The summed E-state index contributed by atoms with van der Waals surface area (Å²) >= 11 is 3.49. The SMILES string of the molecule is CN(C)C(CNC1CC(c2ccc(Br)cc2)C1)c1ccco1. The molecule has 1 aliphatic carbocycles. The van der Waals surface area contributed by atoms with E-state index < -0.39 is 0 Å². The maximum absolute atomic E-state index is 5.56. The van der Waals surface area contributed by atoms with E-state index in [4.69, 9.17) is 4.42 Å². The highest BCUT2D eigenvalue weighted by atomic mass is 79.9. The van der Waals surface area contributed by atoms with Crippen LogP contribution in [0.5, 0.6) is 0 Å². The highest BCUT2D eigenvalue weighted by Crippen LogP contribution is 2.37. The third-order valence-corrected chi connectivity index (χ3v) is 5.10. The van der Waals surface area contributed by atoms with E-state index in [1.807, 2.05) is 6.07 Å². The summed E-state index contributed by atoms with van der Waals surface area (Å²) < 4.78 is 6.71. The second kappa shape index (κ2) is 6.99. The summed E-state index contributed by atoms with van der Waals surface area (Å²) in [7, 11) is 4.19. The maximum Gasteiger partial charge on any atom is 0.122 e. The van der Waals surface area contributed by atoms with Crippen LogP contribution in [-0.4, -0.2) is 31.6 Å². The fourth-order valence-corrected chi connectivity index (χ4v) is 3.35. The molecule has 1 aromatic carbocycles. The Kier molecular flexibility index (Phi) is 5.01. The van der Waals surface area contributed by atoms with Gasteiger partial charge in [0, 0.05) is 17.1 Å². The second-order valence-corrected chi connectivity index (χ2v) is 7.24. The van der Waals surface area contributed by atoms with Gasteiger partial charge in [0.25, 0.3) is 0 Å². The molecule has 1 unspecified atom stereocenters. The average molecular weight is 363 g/mol. The minimum absolute atomic E-state index is 0.293. The molecule has 0 bridgehead atoms. The first kappa shape index (κ1) is 15.8. The number of nitrogens with zero attached hydrogens (tertiary/aromatic N) is 1. The third-order valence-electron chi connectivity index (χ3n) is 4.57. The summed E-state index contributed by atoms with van der Waals surface area (Å²) in [6.45, 7) is 0.929. The van der Waals surface area contributed by atoms with Crippen molar-refractivity contribution in [1.29, 1.82) is 0 Å². The van der Waals surface area contributed by atoms with Crippen molar-refractivity contribution in [2.45, 2.75) is 30.8 Å². The molecule has 1 aliphatic rings. The van der Waals surface area contributed by atoms with Gasteiger partial charge < -0.3 is 9.73 Å². The molecule has 1 atom stereocenters. The predicted octanol–water partition coefficient (Wildman–Crippen LogP) is 4.18. The molecule has 1 N–H and O–H groups in total. The third kappa shape index (κ3) is 3.62. The zero-order valence-corrected chi connectivity index (χ0v) is 14.7. The second-order valence-electron chi connectivity index (χ2n) is 6.32. The Morgan fingerprint density at radius 3 is 2.55 bits per heavy atom. The molecule has 0 spiro atoms. The molecular formula is C18H23BrN2O. The van der Waals surface area contributed by atoms with E-state index in [1.165, 1.54) is 18.4 Å². The topological polar surface area (TPSA) is 28.4 Å². The van der Waals surface area contributed by atoms with Gasteiger partial charge in [0.15, 0.2) is 0 Å². The minimum atomic E-state index is 0.293. The lowest BCUT2D eigenvalue weighted by Gasteiger charge is -2.37. The number of hydrogen-bond donors (Lipinski definition) is 1. The summed E-state index contributed by atoms with van der Waals surface area (Å²) in [5, 5.41) is 3.69. The minimum Gasteiger partial charge on any atom is -0.468 e. The van der Waals surface area contributed by atoms with E-state index in [9.17, 15) is 0 Å². The molecule has 1 heterocycles. The fraction of sp³-hybridized carbons (Fsp3) is 0.444. The molecule has 118 valence electrons. The first-order chi connectivity index (χ1) is 10.6. The van der Waals surface area contributed by atoms with Gasteiger partial charge in [-0.15, -0.1) is 0 Å². The number of nitrogens with one attached hydrogen (secondary N) is 1. The Morgan fingerprint density at radius 1 is 1.23 bits per heavy atom. The lowest BCUT2D eigenvalue weighted by molar-refractivity contribution is 0.216. The van der Waals surface area contributed by atoms with Crippen LogP contribution in [0.4, 0.5) is 0 Å². The van der Waals surface area contributed by atoms with Crippen molar-refractivity contribution in [1.82, 2.24) is 10.2 Å². The quantitative estimate of drug-likeness (QED) is 0.835. The zero-order valence-electron chi connectivity index (χ0n) is 13.1. The number of halogens is 1. The highest BCUT2D eigenvalue weighted by Gasteiger charge is 2.30. The molecule has 1 fully saturated rings. The van der Waals surface area contributed by atoms with Gasteiger partial charge in [0.05, 0.1) is 12.3 Å². The van der Waals surface area contributed by atoms with Crippen LogP contribution in [-0.2, 0) is 0 Å². The van der Waals surface area contributed by atoms with Crippen LogP contribution in [0.25, 0.3) is 0 Å². The van der Waals surface area contributed by atoms with Crippen LogP contribution in [0.1, 0.15) is 36.1 Å². The monoisotopic (exact) mass is 362 g/mol. The van der Waals surface area contributed by atoms with Gasteiger partial charge in [-0.1, -0.05) is 28.1 Å². The molecule has 3 rings (SSSR count). The van der Waals surface area contributed by atoms with Crippen molar-refractivity contribution in [3.63, 3.8) is 0 Å². The standard InChI is InChI=1S/C18H23BrN2O/c1-21(2)17(18-4-3-9-22-18)12-20-16-10-14(11-16)13-5-7-15(19)8-6-13/h3-9,14,16-17,20H,10-12H2,1-2H3. The predicted molar refractivity (Wildman–Crippen MR) is 93.0 cm³/mol. The van der Waals surface area contributed by atoms with Crippen molar-refractivity contribution in [3.05, 3.63) is 58.5 Å². The Bertz CT molecular complexity index is 574. The van der Waals surface area contributed by atoms with E-state index in [-0.39, 0.29) is 0 Å². The average Bonchev–Trinajstić information content (AvgIpc) is 2.96. The van der Waals surface area contributed by atoms with Crippen molar-refractivity contribution in [3.8, 4) is 0 Å². The number of likely N-dealkylation sites (N-methyl/N-ethyl adjacent to an activating group) is 1. The lowest BCUT2D eigenvalue weighted by Crippen LogP contribution is -2.43. The van der Waals surface area contributed by atoms with Gasteiger partial charge in [0.2, 0.25) is 0 Å². The number of furan rings is 1. The van der Waals surface area contributed by atoms with Gasteiger partial charge >= 0.3 is 0 Å². The number of hydrogen-bond acceptors (Lipinski definition) is 3. The highest BCUT2D eigenvalue weighted by molar-refractivity contribution is 9.10. The molecule has 1 saturated carbocycles. The van der Waals surface area contributed by atoms with Gasteiger partial charge in [-0.25, -0.2) is 0 Å². The van der Waals surface area contributed by atoms with E-state index >= 15 is 0 Å². The summed E-state index contributed by atoms with van der Waals surface area (Å²) in [6, 6.07) is 13.7. The largest absolute Gasteiger partial charge is 0.468 e. The summed E-state index contributed by atoms with van der Waals surface area (Å²) in [5.74, 6) is 1.73. The summed E-state index contributed by atoms with van der Waals surface area (Å²) in [5.41, 5.74) is 1.46. The van der Waals surface area contributed by atoms with Crippen molar-refractivity contribution in [2.75, 3.05) is 20.6 Å². The molecule has 0 saturated heterocycles. The van der Waals surface area contributed by atoms with Crippen molar-refractivity contribution < 1.29 is 4.42 Å². The zero-order chi connectivity index (χ0) is 15.5. The first-order valence-electron chi connectivity index (χ1n) is 7.82. The fourth-order valence-electron chi connectivity index (χ4n) is 3.09. The van der Waals surface area contributed by atoms with Crippen LogP contribution in [0.2, 0.25) is 0 Å². The van der Waals surface area contributed by atoms with Crippen LogP contribution < -0.4 is 5.32 Å². The van der Waals surface area contributed by atoms with Gasteiger partial charge in [-0.3, -0.25) is 4.90 Å². The number of benzene rings is 1. The molecule has 0 amide bonds. The Morgan fingerprint density at radius 2 is 1.95 bits per heavy atom. The van der Waals surface area contributed by atoms with E-state index in [2.05, 4.69) is 70.6 Å².